The predicted molar refractivity (Wildman–Crippen MR) is 95.8 cm³/mol. The van der Waals surface area contributed by atoms with E-state index in [9.17, 15) is 18.5 Å². The van der Waals surface area contributed by atoms with Gasteiger partial charge in [-0.15, -0.1) is 0 Å². The SMILES string of the molecule is CN(c1ccccc1)S(=O)(=O)Cc1ccc([N+](=O)[O-])cc1OCC1CO1. The van der Waals surface area contributed by atoms with E-state index in [1.54, 1.807) is 30.3 Å². The molecule has 9 heteroatoms. The monoisotopic (exact) mass is 378 g/mol. The van der Waals surface area contributed by atoms with E-state index in [-0.39, 0.29) is 29.9 Å². The molecule has 0 saturated carbocycles. The number of non-ortho nitro benzene ring substituents is 1. The van der Waals surface area contributed by atoms with Gasteiger partial charge >= 0.3 is 0 Å². The molecule has 1 aliphatic rings. The minimum atomic E-state index is -3.69. The molecule has 26 heavy (non-hydrogen) atoms. The first-order valence-corrected chi connectivity index (χ1v) is 9.51. The van der Waals surface area contributed by atoms with E-state index < -0.39 is 14.9 Å². The molecule has 3 rings (SSSR count). The number of epoxide rings is 1. The highest BCUT2D eigenvalue weighted by atomic mass is 32.2. The van der Waals surface area contributed by atoms with Gasteiger partial charge in [0.1, 0.15) is 18.5 Å². The molecule has 0 aromatic heterocycles. The molecular weight excluding hydrogens is 360 g/mol. The van der Waals surface area contributed by atoms with Gasteiger partial charge in [-0.05, 0) is 18.2 Å². The van der Waals surface area contributed by atoms with Crippen LogP contribution in [0.25, 0.3) is 0 Å². The zero-order chi connectivity index (χ0) is 18.7. The van der Waals surface area contributed by atoms with E-state index in [1.807, 2.05) is 0 Å². The molecule has 138 valence electrons. The largest absolute Gasteiger partial charge is 0.490 e. The molecule has 1 aliphatic heterocycles. The van der Waals surface area contributed by atoms with Crippen molar-refractivity contribution < 1.29 is 22.8 Å². The van der Waals surface area contributed by atoms with Crippen LogP contribution < -0.4 is 9.04 Å². The van der Waals surface area contributed by atoms with Gasteiger partial charge in [0.15, 0.2) is 0 Å². The summed E-state index contributed by atoms with van der Waals surface area (Å²) in [6.07, 6.45) is -0.0503. The average molecular weight is 378 g/mol. The number of hydrogen-bond donors (Lipinski definition) is 0. The summed E-state index contributed by atoms with van der Waals surface area (Å²) in [4.78, 5) is 10.4. The summed E-state index contributed by atoms with van der Waals surface area (Å²) in [5, 5.41) is 11.0. The Morgan fingerprint density at radius 1 is 1.27 bits per heavy atom. The van der Waals surface area contributed by atoms with Crippen molar-refractivity contribution in [1.82, 2.24) is 0 Å². The van der Waals surface area contributed by atoms with E-state index in [4.69, 9.17) is 9.47 Å². The van der Waals surface area contributed by atoms with Crippen molar-refractivity contribution in [3.05, 3.63) is 64.2 Å². The van der Waals surface area contributed by atoms with Crippen LogP contribution in [-0.2, 0) is 20.5 Å². The van der Waals surface area contributed by atoms with E-state index >= 15 is 0 Å². The molecule has 1 atom stereocenters. The van der Waals surface area contributed by atoms with Gasteiger partial charge in [-0.3, -0.25) is 14.4 Å². The Balaban J connectivity index is 1.85. The van der Waals surface area contributed by atoms with Gasteiger partial charge in [0.05, 0.1) is 29.0 Å². The number of rotatable bonds is 8. The third-order valence-corrected chi connectivity index (χ3v) is 5.68. The molecule has 0 radical (unpaired) electrons. The van der Waals surface area contributed by atoms with Crippen LogP contribution in [0.4, 0.5) is 11.4 Å². The summed E-state index contributed by atoms with van der Waals surface area (Å²) < 4.78 is 37.3. The fourth-order valence-electron chi connectivity index (χ4n) is 2.35. The van der Waals surface area contributed by atoms with Crippen LogP contribution in [0.15, 0.2) is 48.5 Å². The van der Waals surface area contributed by atoms with Crippen LogP contribution in [0.3, 0.4) is 0 Å². The second-order valence-corrected chi connectivity index (χ2v) is 7.87. The van der Waals surface area contributed by atoms with Crippen molar-refractivity contribution in [1.29, 1.82) is 0 Å². The molecule has 2 aromatic carbocycles. The lowest BCUT2D eigenvalue weighted by Gasteiger charge is -2.20. The van der Waals surface area contributed by atoms with Crippen molar-refractivity contribution in [2.45, 2.75) is 11.9 Å². The Labute approximate surface area is 151 Å². The third-order valence-electron chi connectivity index (χ3n) is 3.96. The molecule has 1 unspecified atom stereocenters. The van der Waals surface area contributed by atoms with Crippen molar-refractivity contribution in [2.24, 2.45) is 0 Å². The van der Waals surface area contributed by atoms with Gasteiger partial charge in [-0.1, -0.05) is 18.2 Å². The first-order valence-electron chi connectivity index (χ1n) is 7.90. The predicted octanol–water partition coefficient (Wildman–Crippen LogP) is 2.34. The molecule has 2 aromatic rings. The first-order chi connectivity index (χ1) is 12.4. The number of hydrogen-bond acceptors (Lipinski definition) is 6. The highest BCUT2D eigenvalue weighted by Crippen LogP contribution is 2.29. The number of nitro benzene ring substituents is 1. The van der Waals surface area contributed by atoms with Crippen LogP contribution in [0.5, 0.6) is 5.75 Å². The molecule has 1 fully saturated rings. The van der Waals surface area contributed by atoms with Crippen LogP contribution in [-0.4, -0.2) is 39.7 Å². The summed E-state index contributed by atoms with van der Waals surface area (Å²) in [7, 11) is -2.23. The number of nitro groups is 1. The fraction of sp³-hybridized carbons (Fsp3) is 0.294. The Bertz CT molecular complexity index is 897. The molecule has 0 bridgehead atoms. The molecule has 0 aliphatic carbocycles. The maximum Gasteiger partial charge on any atom is 0.273 e. The maximum absolute atomic E-state index is 12.7. The molecule has 0 spiro atoms. The van der Waals surface area contributed by atoms with Gasteiger partial charge in [0.2, 0.25) is 10.0 Å². The van der Waals surface area contributed by atoms with Crippen molar-refractivity contribution >= 4 is 21.4 Å². The highest BCUT2D eigenvalue weighted by molar-refractivity contribution is 7.92. The van der Waals surface area contributed by atoms with Crippen LogP contribution >= 0.6 is 0 Å². The standard InChI is InChI=1S/C17H18N2O6S/c1-18(14-5-3-2-4-6-14)26(22,23)12-13-7-8-15(19(20)21)9-17(13)25-11-16-10-24-16/h2-9,16H,10-12H2,1H3. The lowest BCUT2D eigenvalue weighted by molar-refractivity contribution is -0.385. The zero-order valence-corrected chi connectivity index (χ0v) is 14.9. The highest BCUT2D eigenvalue weighted by Gasteiger charge is 2.26. The number of benzene rings is 2. The Morgan fingerprint density at radius 3 is 2.58 bits per heavy atom. The van der Waals surface area contributed by atoms with Gasteiger partial charge in [-0.2, -0.15) is 0 Å². The second-order valence-electron chi connectivity index (χ2n) is 5.87. The van der Waals surface area contributed by atoms with E-state index in [1.165, 1.54) is 29.6 Å². The van der Waals surface area contributed by atoms with Gasteiger partial charge in [-0.25, -0.2) is 8.42 Å². The lowest BCUT2D eigenvalue weighted by Crippen LogP contribution is -2.28. The number of anilines is 1. The zero-order valence-electron chi connectivity index (χ0n) is 14.1. The summed E-state index contributed by atoms with van der Waals surface area (Å²) in [6, 6.07) is 12.6. The van der Waals surface area contributed by atoms with Crippen molar-refractivity contribution in [3.8, 4) is 5.75 Å². The van der Waals surface area contributed by atoms with E-state index in [0.717, 1.165) is 0 Å². The second kappa shape index (κ2) is 7.30. The number of sulfonamides is 1. The number of nitrogens with zero attached hydrogens (tertiary/aromatic N) is 2. The minimum absolute atomic E-state index is 0.0503. The van der Waals surface area contributed by atoms with Crippen LogP contribution in [0, 0.1) is 10.1 Å². The lowest BCUT2D eigenvalue weighted by atomic mass is 10.2. The van der Waals surface area contributed by atoms with E-state index in [2.05, 4.69) is 0 Å². The Morgan fingerprint density at radius 2 is 1.96 bits per heavy atom. The van der Waals surface area contributed by atoms with Crippen LogP contribution in [0.1, 0.15) is 5.56 Å². The Hall–Kier alpha value is -2.65. The topological polar surface area (TPSA) is 102 Å². The quantitative estimate of drug-likeness (QED) is 0.397. The van der Waals surface area contributed by atoms with Gasteiger partial charge < -0.3 is 9.47 Å². The Kier molecular flexibility index (Phi) is 5.10. The molecule has 1 saturated heterocycles. The fourth-order valence-corrected chi connectivity index (χ4v) is 3.62. The molecule has 0 amide bonds. The van der Waals surface area contributed by atoms with Gasteiger partial charge in [0, 0.05) is 18.7 Å². The molecule has 8 nitrogen and oxygen atoms in total. The van der Waals surface area contributed by atoms with Crippen LogP contribution in [0.2, 0.25) is 0 Å². The smallest absolute Gasteiger partial charge is 0.273 e. The van der Waals surface area contributed by atoms with E-state index in [0.29, 0.717) is 17.9 Å². The summed E-state index contributed by atoms with van der Waals surface area (Å²) in [5.41, 5.74) is 0.733. The van der Waals surface area contributed by atoms with Crippen molar-refractivity contribution in [2.75, 3.05) is 24.6 Å². The first kappa shape index (κ1) is 18.2. The van der Waals surface area contributed by atoms with Crippen molar-refractivity contribution in [3.63, 3.8) is 0 Å². The van der Waals surface area contributed by atoms with Gasteiger partial charge in [0.25, 0.3) is 5.69 Å². The minimum Gasteiger partial charge on any atom is -0.490 e. The summed E-state index contributed by atoms with van der Waals surface area (Å²) in [5.74, 6) is -0.156. The third kappa shape index (κ3) is 4.30. The number of para-hydroxylation sites is 1. The molecule has 0 N–H and O–H groups in total. The summed E-state index contributed by atoms with van der Waals surface area (Å²) >= 11 is 0. The molecular formula is C17H18N2O6S. The molecule has 1 heterocycles. The average Bonchev–Trinajstić information content (AvgIpc) is 3.45. The maximum atomic E-state index is 12.7. The normalized spacial score (nSPS) is 16.1. The summed E-state index contributed by atoms with van der Waals surface area (Å²) in [6.45, 7) is 0.794. The number of ether oxygens (including phenoxy) is 2.